The van der Waals surface area contributed by atoms with E-state index in [9.17, 15) is 0 Å². The Morgan fingerprint density at radius 1 is 1.40 bits per heavy atom. The molecule has 8 nitrogen and oxygen atoms in total. The van der Waals surface area contributed by atoms with Gasteiger partial charge in [0.1, 0.15) is 16.7 Å². The number of hydrogen-bond donors (Lipinski definition) is 2. The predicted molar refractivity (Wildman–Crippen MR) is 97.4 cm³/mol. The van der Waals surface area contributed by atoms with E-state index in [0.717, 1.165) is 21.9 Å². The number of aryl methyl sites for hydroxylation is 1. The van der Waals surface area contributed by atoms with Crippen LogP contribution in [0.5, 0.6) is 5.75 Å². The summed E-state index contributed by atoms with van der Waals surface area (Å²) in [5, 5.41) is 5.55. The van der Waals surface area contributed by atoms with Crippen molar-refractivity contribution in [3.63, 3.8) is 0 Å². The molecule has 0 fully saturated rings. The first-order valence-corrected chi connectivity index (χ1v) is 7.80. The summed E-state index contributed by atoms with van der Waals surface area (Å²) in [4.78, 5) is 8.75. The third-order valence-electron chi connectivity index (χ3n) is 3.68. The van der Waals surface area contributed by atoms with Crippen molar-refractivity contribution in [1.29, 1.82) is 0 Å². The van der Waals surface area contributed by atoms with Crippen LogP contribution in [0.4, 0.5) is 0 Å². The number of nitrogens with two attached hydrogens (primary N) is 2. The van der Waals surface area contributed by atoms with Gasteiger partial charge in [-0.2, -0.15) is 0 Å². The van der Waals surface area contributed by atoms with E-state index >= 15 is 0 Å². The molecule has 4 N–H and O–H groups in total. The predicted octanol–water partition coefficient (Wildman–Crippen LogP) is 1.79. The van der Waals surface area contributed by atoms with Crippen LogP contribution in [0.25, 0.3) is 16.9 Å². The van der Waals surface area contributed by atoms with Gasteiger partial charge < -0.3 is 10.5 Å². The van der Waals surface area contributed by atoms with Crippen LogP contribution in [0.3, 0.4) is 0 Å². The lowest BCUT2D eigenvalue weighted by atomic mass is 10.1. The van der Waals surface area contributed by atoms with Crippen LogP contribution in [0.1, 0.15) is 11.3 Å². The van der Waals surface area contributed by atoms with Crippen molar-refractivity contribution in [3.8, 4) is 17.1 Å². The molecule has 0 radical (unpaired) electrons. The van der Waals surface area contributed by atoms with Crippen molar-refractivity contribution < 1.29 is 4.74 Å². The Bertz CT molecular complexity index is 965. The number of rotatable bonds is 4. The number of hydrazone groups is 1. The molecule has 0 aliphatic carbocycles. The monoisotopic (exact) mass is 359 g/mol. The van der Waals surface area contributed by atoms with Gasteiger partial charge in [0.2, 0.25) is 0 Å². The van der Waals surface area contributed by atoms with E-state index in [1.807, 2.05) is 29.5 Å². The zero-order chi connectivity index (χ0) is 18.1. The van der Waals surface area contributed by atoms with Crippen molar-refractivity contribution in [1.82, 2.24) is 19.5 Å². The Morgan fingerprint density at radius 2 is 2.16 bits per heavy atom. The number of fused-ring (bicyclic) bond motifs is 1. The van der Waals surface area contributed by atoms with E-state index in [2.05, 4.69) is 15.1 Å². The maximum absolute atomic E-state index is 6.05. The fraction of sp³-hybridized carbons (Fsp3) is 0.188. The Balaban J connectivity index is 2.27. The van der Waals surface area contributed by atoms with Crippen LogP contribution in [0.2, 0.25) is 5.15 Å². The van der Waals surface area contributed by atoms with E-state index in [1.54, 1.807) is 26.6 Å². The third kappa shape index (κ3) is 3.09. The number of amidine groups is 1. The Kier molecular flexibility index (Phi) is 4.47. The molecule has 0 spiro atoms. The second kappa shape index (κ2) is 6.58. The third-order valence-corrected chi connectivity index (χ3v) is 3.87. The highest BCUT2D eigenvalue weighted by molar-refractivity contribution is 6.29. The number of ether oxygens (including phenoxy) is 1. The number of hydrazine groups is 1. The van der Waals surface area contributed by atoms with Gasteiger partial charge in [-0.3, -0.25) is 4.40 Å². The van der Waals surface area contributed by atoms with Gasteiger partial charge in [-0.25, -0.2) is 20.9 Å². The van der Waals surface area contributed by atoms with Gasteiger partial charge in [0.25, 0.3) is 0 Å². The standard InChI is InChI=1S/C16H18ClN7O/c1-9-12-7-20-13(17)8-24(12)16(21-9)11-6-4-5-10(14(11)25-3)15(18)22-23(2)19/h4-8H,19H2,1-3H3,(H2,18,22). The number of aromatic nitrogens is 3. The molecule has 2 aromatic heterocycles. The molecule has 0 aliphatic rings. The fourth-order valence-electron chi connectivity index (χ4n) is 2.66. The minimum atomic E-state index is 0.237. The molecule has 2 heterocycles. The van der Waals surface area contributed by atoms with Crippen LogP contribution in [0.15, 0.2) is 35.7 Å². The van der Waals surface area contributed by atoms with Crippen molar-refractivity contribution in [3.05, 3.63) is 47.0 Å². The lowest BCUT2D eigenvalue weighted by Crippen LogP contribution is -2.26. The van der Waals surface area contributed by atoms with E-state index in [1.165, 1.54) is 0 Å². The quantitative estimate of drug-likeness (QED) is 0.318. The molecule has 3 rings (SSSR count). The zero-order valence-electron chi connectivity index (χ0n) is 14.1. The first kappa shape index (κ1) is 17.0. The van der Waals surface area contributed by atoms with Gasteiger partial charge in [-0.05, 0) is 19.1 Å². The van der Waals surface area contributed by atoms with Crippen LogP contribution in [-0.2, 0) is 0 Å². The van der Waals surface area contributed by atoms with Crippen LogP contribution < -0.4 is 16.3 Å². The zero-order valence-corrected chi connectivity index (χ0v) is 14.8. The molecular weight excluding hydrogens is 342 g/mol. The van der Waals surface area contributed by atoms with E-state index in [0.29, 0.717) is 22.3 Å². The fourth-order valence-corrected chi connectivity index (χ4v) is 2.80. The molecule has 130 valence electrons. The molecule has 0 saturated carbocycles. The summed E-state index contributed by atoms with van der Waals surface area (Å²) in [5.41, 5.74) is 9.11. The summed E-state index contributed by atoms with van der Waals surface area (Å²) in [7, 11) is 3.16. The molecule has 3 aromatic rings. The smallest absolute Gasteiger partial charge is 0.156 e. The molecule has 0 atom stereocenters. The molecule has 0 aliphatic heterocycles. The number of methoxy groups -OCH3 is 1. The van der Waals surface area contributed by atoms with Crippen LogP contribution in [-0.4, -0.2) is 39.5 Å². The van der Waals surface area contributed by atoms with Crippen LogP contribution in [0, 0.1) is 6.92 Å². The number of nitrogens with zero attached hydrogens (tertiary/aromatic N) is 5. The average Bonchev–Trinajstić information content (AvgIpc) is 2.89. The SMILES string of the molecule is COc1c(/C(N)=N/N(C)N)cccc1-c1nc(C)c2cnc(Cl)cn12. The normalized spacial score (nSPS) is 11.8. The van der Waals surface area contributed by atoms with E-state index in [-0.39, 0.29) is 5.84 Å². The Labute approximate surface area is 149 Å². The van der Waals surface area contributed by atoms with E-state index in [4.69, 9.17) is 27.9 Å². The summed E-state index contributed by atoms with van der Waals surface area (Å²) in [6, 6.07) is 5.55. The largest absolute Gasteiger partial charge is 0.495 e. The number of hydrogen-bond acceptors (Lipinski definition) is 6. The summed E-state index contributed by atoms with van der Waals surface area (Å²) in [5.74, 6) is 7.01. The highest BCUT2D eigenvalue weighted by atomic mass is 35.5. The molecule has 0 amide bonds. The first-order chi connectivity index (χ1) is 11.9. The molecular formula is C16H18ClN7O. The lowest BCUT2D eigenvalue weighted by Gasteiger charge is -2.14. The van der Waals surface area contributed by atoms with Gasteiger partial charge in [-0.15, -0.1) is 5.10 Å². The highest BCUT2D eigenvalue weighted by Crippen LogP contribution is 2.33. The second-order valence-electron chi connectivity index (χ2n) is 5.43. The molecule has 25 heavy (non-hydrogen) atoms. The van der Waals surface area contributed by atoms with Gasteiger partial charge >= 0.3 is 0 Å². The topological polar surface area (TPSA) is 107 Å². The van der Waals surface area contributed by atoms with Gasteiger partial charge in [-0.1, -0.05) is 17.7 Å². The number of benzene rings is 1. The summed E-state index contributed by atoms with van der Waals surface area (Å²) in [6.07, 6.45) is 3.40. The number of imidazole rings is 1. The Morgan fingerprint density at radius 3 is 2.84 bits per heavy atom. The maximum Gasteiger partial charge on any atom is 0.156 e. The highest BCUT2D eigenvalue weighted by Gasteiger charge is 2.19. The molecule has 9 heteroatoms. The summed E-state index contributed by atoms with van der Waals surface area (Å²) >= 11 is 6.05. The molecule has 1 aromatic carbocycles. The molecule has 0 bridgehead atoms. The summed E-state index contributed by atoms with van der Waals surface area (Å²) in [6.45, 7) is 1.91. The number of halogens is 1. The van der Waals surface area contributed by atoms with Gasteiger partial charge in [0.15, 0.2) is 5.84 Å². The minimum Gasteiger partial charge on any atom is -0.495 e. The number of para-hydroxylation sites is 1. The van der Waals surface area contributed by atoms with Crippen molar-refractivity contribution in [2.45, 2.75) is 6.92 Å². The van der Waals surface area contributed by atoms with E-state index < -0.39 is 0 Å². The molecule has 0 unspecified atom stereocenters. The van der Waals surface area contributed by atoms with Gasteiger partial charge in [0.05, 0.1) is 35.6 Å². The Hall–Kier alpha value is -2.84. The lowest BCUT2D eigenvalue weighted by molar-refractivity contribution is 0.371. The van der Waals surface area contributed by atoms with Crippen molar-refractivity contribution >= 4 is 23.0 Å². The van der Waals surface area contributed by atoms with Crippen molar-refractivity contribution in [2.75, 3.05) is 14.2 Å². The van der Waals surface area contributed by atoms with Gasteiger partial charge in [0, 0.05) is 13.2 Å². The summed E-state index contributed by atoms with van der Waals surface area (Å²) < 4.78 is 7.47. The minimum absolute atomic E-state index is 0.237. The second-order valence-corrected chi connectivity index (χ2v) is 5.82. The van der Waals surface area contributed by atoms with Crippen LogP contribution >= 0.6 is 11.6 Å². The maximum atomic E-state index is 6.05. The first-order valence-electron chi connectivity index (χ1n) is 7.42. The van der Waals surface area contributed by atoms with Crippen molar-refractivity contribution in [2.24, 2.45) is 16.7 Å². The molecule has 0 saturated heterocycles. The average molecular weight is 360 g/mol.